The van der Waals surface area contributed by atoms with Gasteiger partial charge in [0.15, 0.2) is 0 Å². The van der Waals surface area contributed by atoms with Crippen molar-refractivity contribution in [1.82, 2.24) is 0 Å². The molecule has 0 heterocycles. The number of anilines is 1. The van der Waals surface area contributed by atoms with Gasteiger partial charge in [0.25, 0.3) is 10.0 Å². The number of nitrogens with one attached hydrogen (secondary N) is 1. The molecule has 94 valence electrons. The molecule has 0 spiro atoms. The largest absolute Gasteiger partial charge is 0.326 e. The van der Waals surface area contributed by atoms with E-state index in [1.165, 1.54) is 31.2 Å². The van der Waals surface area contributed by atoms with Crippen molar-refractivity contribution in [2.24, 2.45) is 3.77 Å². The lowest BCUT2D eigenvalue weighted by atomic mass is 10.3. The number of nitrogens with zero attached hydrogens (tertiary/aromatic N) is 1. The molecule has 1 aromatic carbocycles. The third-order valence-corrected chi connectivity index (χ3v) is 4.57. The summed E-state index contributed by atoms with van der Waals surface area (Å²) in [6.45, 7) is 1.39. The van der Waals surface area contributed by atoms with E-state index in [0.717, 1.165) is 0 Å². The van der Waals surface area contributed by atoms with Crippen LogP contribution in [0.1, 0.15) is 6.92 Å². The standard InChI is InChI=1S/C10H14N2O3S2/c1-8(13)11-9-4-6-10(7-5-9)17(14,15)12-16(2)3/h4-7H,1-3H3,(H,11,13). The molecule has 0 aliphatic carbocycles. The van der Waals surface area contributed by atoms with Crippen LogP contribution in [0.15, 0.2) is 32.9 Å². The van der Waals surface area contributed by atoms with Gasteiger partial charge in [-0.05, 0) is 36.8 Å². The topological polar surface area (TPSA) is 75.6 Å². The van der Waals surface area contributed by atoms with Gasteiger partial charge in [-0.15, -0.1) is 3.77 Å². The highest BCUT2D eigenvalue weighted by molar-refractivity contribution is 7.99. The van der Waals surface area contributed by atoms with Crippen LogP contribution in [0.25, 0.3) is 0 Å². The fourth-order valence-corrected chi connectivity index (χ4v) is 3.55. The van der Waals surface area contributed by atoms with Crippen molar-refractivity contribution in [3.63, 3.8) is 0 Å². The summed E-state index contributed by atoms with van der Waals surface area (Å²) < 4.78 is 27.1. The van der Waals surface area contributed by atoms with Gasteiger partial charge in [-0.1, -0.05) is 10.7 Å². The monoisotopic (exact) mass is 274 g/mol. The number of sulfonamides is 1. The van der Waals surface area contributed by atoms with E-state index in [-0.39, 0.29) is 10.8 Å². The molecule has 7 heteroatoms. The van der Waals surface area contributed by atoms with Crippen LogP contribution in [0.3, 0.4) is 0 Å². The van der Waals surface area contributed by atoms with Crippen LogP contribution < -0.4 is 5.32 Å². The molecule has 0 atom stereocenters. The average Bonchev–Trinajstić information content (AvgIpc) is 2.15. The highest BCUT2D eigenvalue weighted by Gasteiger charge is 2.12. The van der Waals surface area contributed by atoms with Crippen molar-refractivity contribution in [3.05, 3.63) is 24.3 Å². The summed E-state index contributed by atoms with van der Waals surface area (Å²) in [5, 5.41) is 2.56. The molecule has 17 heavy (non-hydrogen) atoms. The first kappa shape index (κ1) is 13.9. The van der Waals surface area contributed by atoms with E-state index < -0.39 is 20.7 Å². The first-order valence-electron chi connectivity index (χ1n) is 4.74. The number of carbonyl (C=O) groups excluding carboxylic acids is 1. The molecular weight excluding hydrogens is 260 g/mol. The van der Waals surface area contributed by atoms with Crippen LogP contribution in [0.4, 0.5) is 5.69 Å². The van der Waals surface area contributed by atoms with Crippen molar-refractivity contribution in [1.29, 1.82) is 0 Å². The molecule has 5 nitrogen and oxygen atoms in total. The lowest BCUT2D eigenvalue weighted by Gasteiger charge is -2.03. The van der Waals surface area contributed by atoms with Crippen molar-refractivity contribution in [2.75, 3.05) is 17.8 Å². The molecule has 0 bridgehead atoms. The van der Waals surface area contributed by atoms with E-state index in [4.69, 9.17) is 0 Å². The SMILES string of the molecule is CC(=O)Nc1ccc(S(=O)(=O)N=S(C)C)cc1. The quantitative estimate of drug-likeness (QED) is 0.905. The second-order valence-electron chi connectivity index (χ2n) is 3.53. The maximum Gasteiger partial charge on any atom is 0.287 e. The molecular formula is C10H14N2O3S2. The van der Waals surface area contributed by atoms with Gasteiger partial charge in [-0.3, -0.25) is 4.79 Å². The normalized spacial score (nSPS) is 11.3. The Morgan fingerprint density at radius 2 is 1.76 bits per heavy atom. The smallest absolute Gasteiger partial charge is 0.287 e. The summed E-state index contributed by atoms with van der Waals surface area (Å²) in [6, 6.07) is 5.93. The second kappa shape index (κ2) is 5.42. The molecule has 0 aliphatic heterocycles. The molecule has 0 unspecified atom stereocenters. The van der Waals surface area contributed by atoms with E-state index >= 15 is 0 Å². The molecule has 1 amide bonds. The Labute approximate surface area is 103 Å². The molecule has 1 aromatic rings. The highest BCUT2D eigenvalue weighted by atomic mass is 32.3. The van der Waals surface area contributed by atoms with Crippen LogP contribution in [0.2, 0.25) is 0 Å². The molecule has 1 rings (SSSR count). The summed E-state index contributed by atoms with van der Waals surface area (Å²) in [5.74, 6) is -0.200. The van der Waals surface area contributed by atoms with Crippen molar-refractivity contribution in [2.45, 2.75) is 11.8 Å². The predicted octanol–water partition coefficient (Wildman–Crippen LogP) is 1.40. The predicted molar refractivity (Wildman–Crippen MR) is 69.6 cm³/mol. The second-order valence-corrected chi connectivity index (χ2v) is 7.09. The maximum atomic E-state index is 11.7. The molecule has 0 aromatic heterocycles. The minimum absolute atomic E-state index is 0.132. The molecule has 0 saturated carbocycles. The van der Waals surface area contributed by atoms with Gasteiger partial charge in [-0.25, -0.2) is 0 Å². The lowest BCUT2D eigenvalue weighted by Crippen LogP contribution is -2.06. The Morgan fingerprint density at radius 3 is 2.18 bits per heavy atom. The van der Waals surface area contributed by atoms with Gasteiger partial charge in [0.1, 0.15) is 0 Å². The highest BCUT2D eigenvalue weighted by Crippen LogP contribution is 2.16. The Bertz CT molecular complexity index is 543. The summed E-state index contributed by atoms with van der Waals surface area (Å²) >= 11 is 0. The van der Waals surface area contributed by atoms with Crippen LogP contribution in [-0.2, 0) is 25.5 Å². The van der Waals surface area contributed by atoms with Crippen LogP contribution >= 0.6 is 0 Å². The Morgan fingerprint density at radius 1 is 1.24 bits per heavy atom. The molecule has 1 N–H and O–H groups in total. The number of rotatable bonds is 3. The molecule has 0 radical (unpaired) electrons. The van der Waals surface area contributed by atoms with Crippen molar-refractivity contribution in [3.8, 4) is 0 Å². The summed E-state index contributed by atoms with van der Waals surface area (Å²) in [6.07, 6.45) is 3.45. The van der Waals surface area contributed by atoms with E-state index in [9.17, 15) is 13.2 Å². The Kier molecular flexibility index (Phi) is 4.41. The number of carbonyl (C=O) groups is 1. The summed E-state index contributed by atoms with van der Waals surface area (Å²) in [4.78, 5) is 10.9. The summed E-state index contributed by atoms with van der Waals surface area (Å²) in [7, 11) is -4.11. The Balaban J connectivity index is 3.03. The van der Waals surface area contributed by atoms with Gasteiger partial charge in [-0.2, -0.15) is 8.42 Å². The number of hydrogen-bond acceptors (Lipinski definition) is 3. The average molecular weight is 274 g/mol. The van der Waals surface area contributed by atoms with E-state index in [0.29, 0.717) is 5.69 Å². The van der Waals surface area contributed by atoms with Gasteiger partial charge in [0.05, 0.1) is 4.90 Å². The van der Waals surface area contributed by atoms with E-state index in [2.05, 4.69) is 9.08 Å². The van der Waals surface area contributed by atoms with Gasteiger partial charge >= 0.3 is 0 Å². The lowest BCUT2D eigenvalue weighted by molar-refractivity contribution is -0.114. The van der Waals surface area contributed by atoms with Crippen molar-refractivity contribution >= 4 is 32.3 Å². The first-order chi connectivity index (χ1) is 7.81. The maximum absolute atomic E-state index is 11.7. The molecule has 0 aliphatic rings. The van der Waals surface area contributed by atoms with E-state index in [1.807, 2.05) is 0 Å². The molecule has 0 saturated heterocycles. The number of amides is 1. The first-order valence-corrected chi connectivity index (χ1v) is 8.18. The zero-order valence-corrected chi connectivity index (χ0v) is 11.4. The molecule has 0 fully saturated rings. The van der Waals surface area contributed by atoms with Crippen LogP contribution in [0.5, 0.6) is 0 Å². The third kappa shape index (κ3) is 4.27. The summed E-state index contributed by atoms with van der Waals surface area (Å²) in [5.41, 5.74) is 0.559. The zero-order chi connectivity index (χ0) is 13.1. The Hall–Kier alpha value is -1.21. The third-order valence-electron chi connectivity index (χ3n) is 1.72. The number of hydrogen-bond donors (Lipinski definition) is 1. The van der Waals surface area contributed by atoms with Gasteiger partial charge in [0, 0.05) is 12.6 Å². The van der Waals surface area contributed by atoms with E-state index in [1.54, 1.807) is 12.5 Å². The number of benzene rings is 1. The van der Waals surface area contributed by atoms with Crippen LogP contribution in [-0.4, -0.2) is 26.8 Å². The fraction of sp³-hybridized carbons (Fsp3) is 0.300. The van der Waals surface area contributed by atoms with Crippen molar-refractivity contribution < 1.29 is 13.2 Å². The van der Waals surface area contributed by atoms with Gasteiger partial charge in [0.2, 0.25) is 5.91 Å². The minimum Gasteiger partial charge on any atom is -0.326 e. The minimum atomic E-state index is -3.58. The van der Waals surface area contributed by atoms with Crippen LogP contribution in [0, 0.1) is 0 Å². The van der Waals surface area contributed by atoms with Gasteiger partial charge < -0.3 is 5.32 Å². The zero-order valence-electron chi connectivity index (χ0n) is 9.80. The fourth-order valence-electron chi connectivity index (χ4n) is 1.15.